The van der Waals surface area contributed by atoms with Crippen molar-refractivity contribution in [2.45, 2.75) is 32.4 Å². The van der Waals surface area contributed by atoms with Gasteiger partial charge in [0.2, 0.25) is 0 Å². The van der Waals surface area contributed by atoms with E-state index >= 15 is 0 Å². The molecular weight excluding hydrogens is 192 g/mol. The molecule has 1 saturated heterocycles. The Hall–Kier alpha value is -0.160. The lowest BCUT2D eigenvalue weighted by atomic mass is 9.98. The van der Waals surface area contributed by atoms with Crippen molar-refractivity contribution in [3.63, 3.8) is 0 Å². The monoisotopic (exact) mass is 216 g/mol. The van der Waals surface area contributed by atoms with Crippen LogP contribution in [0.3, 0.4) is 0 Å². The van der Waals surface area contributed by atoms with Crippen LogP contribution in [0.5, 0.6) is 0 Å². The summed E-state index contributed by atoms with van der Waals surface area (Å²) in [6.07, 6.45) is -0.259. The number of nitrogens with zero attached hydrogens (tertiary/aromatic N) is 2. The summed E-state index contributed by atoms with van der Waals surface area (Å²) in [5, 5.41) is 18.3. The Labute approximate surface area is 92.5 Å². The molecule has 0 aromatic rings. The second kappa shape index (κ2) is 5.25. The summed E-state index contributed by atoms with van der Waals surface area (Å²) >= 11 is 0. The van der Waals surface area contributed by atoms with Crippen molar-refractivity contribution in [1.82, 2.24) is 9.80 Å². The van der Waals surface area contributed by atoms with Crippen molar-refractivity contribution >= 4 is 0 Å². The molecule has 1 heterocycles. The molecule has 0 aromatic carbocycles. The van der Waals surface area contributed by atoms with Crippen LogP contribution in [-0.2, 0) is 0 Å². The molecule has 0 bridgehead atoms. The molecule has 0 spiro atoms. The molecule has 0 saturated carbocycles. The normalized spacial score (nSPS) is 25.4. The first-order valence-corrected chi connectivity index (χ1v) is 5.72. The molecule has 0 aliphatic carbocycles. The van der Waals surface area contributed by atoms with Crippen LogP contribution in [0, 0.1) is 0 Å². The molecular formula is C11H24N2O2. The van der Waals surface area contributed by atoms with E-state index < -0.39 is 0 Å². The molecule has 90 valence electrons. The van der Waals surface area contributed by atoms with Crippen LogP contribution in [0.4, 0.5) is 0 Å². The number of aliphatic hydroxyl groups is 2. The SMILES string of the molecule is CC(O)CN1CCN(CCO)C(C)(C)C1. The quantitative estimate of drug-likeness (QED) is 0.681. The highest BCUT2D eigenvalue weighted by atomic mass is 16.3. The van der Waals surface area contributed by atoms with Crippen molar-refractivity contribution in [2.75, 3.05) is 39.3 Å². The Morgan fingerprint density at radius 1 is 1.33 bits per heavy atom. The van der Waals surface area contributed by atoms with Crippen LogP contribution in [0.15, 0.2) is 0 Å². The van der Waals surface area contributed by atoms with E-state index in [2.05, 4.69) is 23.6 Å². The van der Waals surface area contributed by atoms with Crippen LogP contribution in [0.25, 0.3) is 0 Å². The van der Waals surface area contributed by atoms with E-state index in [4.69, 9.17) is 5.11 Å². The van der Waals surface area contributed by atoms with Crippen molar-refractivity contribution in [2.24, 2.45) is 0 Å². The molecule has 1 aliphatic rings. The third kappa shape index (κ3) is 3.72. The fourth-order valence-electron chi connectivity index (χ4n) is 2.36. The summed E-state index contributed by atoms with van der Waals surface area (Å²) in [5.41, 5.74) is 0.0931. The first-order chi connectivity index (χ1) is 6.95. The standard InChI is InChI=1S/C11H24N2O2/c1-10(15)8-12-4-5-13(6-7-14)11(2,3)9-12/h10,14-15H,4-9H2,1-3H3. The Bertz CT molecular complexity index is 195. The lowest BCUT2D eigenvalue weighted by Gasteiger charge is -2.47. The summed E-state index contributed by atoms with van der Waals surface area (Å²) < 4.78 is 0. The van der Waals surface area contributed by atoms with E-state index in [-0.39, 0.29) is 18.2 Å². The van der Waals surface area contributed by atoms with Gasteiger partial charge in [-0.05, 0) is 20.8 Å². The van der Waals surface area contributed by atoms with E-state index in [0.29, 0.717) is 0 Å². The zero-order chi connectivity index (χ0) is 11.5. The largest absolute Gasteiger partial charge is 0.395 e. The summed E-state index contributed by atoms with van der Waals surface area (Å²) in [6.45, 7) is 10.8. The van der Waals surface area contributed by atoms with Crippen LogP contribution >= 0.6 is 0 Å². The molecule has 1 aliphatic heterocycles. The highest BCUT2D eigenvalue weighted by Gasteiger charge is 2.33. The van der Waals surface area contributed by atoms with Crippen molar-refractivity contribution in [1.29, 1.82) is 0 Å². The van der Waals surface area contributed by atoms with Crippen LogP contribution in [-0.4, -0.2) is 71.0 Å². The first-order valence-electron chi connectivity index (χ1n) is 5.72. The number of hydrogen-bond acceptors (Lipinski definition) is 4. The van der Waals surface area contributed by atoms with Crippen molar-refractivity contribution < 1.29 is 10.2 Å². The fraction of sp³-hybridized carbons (Fsp3) is 1.00. The molecule has 4 nitrogen and oxygen atoms in total. The molecule has 0 amide bonds. The second-order valence-corrected chi connectivity index (χ2v) is 5.11. The maximum absolute atomic E-state index is 9.35. The molecule has 0 aromatic heterocycles. The van der Waals surface area contributed by atoms with E-state index in [1.54, 1.807) is 0 Å². The molecule has 2 N–H and O–H groups in total. The summed E-state index contributed by atoms with van der Waals surface area (Å²) in [7, 11) is 0. The Morgan fingerprint density at radius 2 is 2.00 bits per heavy atom. The topological polar surface area (TPSA) is 46.9 Å². The maximum atomic E-state index is 9.35. The van der Waals surface area contributed by atoms with Gasteiger partial charge in [-0.2, -0.15) is 0 Å². The van der Waals surface area contributed by atoms with Crippen LogP contribution < -0.4 is 0 Å². The van der Waals surface area contributed by atoms with Crippen molar-refractivity contribution in [3.8, 4) is 0 Å². The second-order valence-electron chi connectivity index (χ2n) is 5.11. The van der Waals surface area contributed by atoms with Gasteiger partial charge in [-0.25, -0.2) is 0 Å². The Morgan fingerprint density at radius 3 is 2.47 bits per heavy atom. The summed E-state index contributed by atoms with van der Waals surface area (Å²) in [6, 6.07) is 0. The van der Waals surface area contributed by atoms with Crippen LogP contribution in [0.1, 0.15) is 20.8 Å². The Kier molecular flexibility index (Phi) is 4.52. The maximum Gasteiger partial charge on any atom is 0.0639 e. The van der Waals surface area contributed by atoms with Gasteiger partial charge in [0.1, 0.15) is 0 Å². The van der Waals surface area contributed by atoms with Crippen LogP contribution in [0.2, 0.25) is 0 Å². The lowest BCUT2D eigenvalue weighted by molar-refractivity contribution is -0.00511. The molecule has 4 heteroatoms. The molecule has 1 atom stereocenters. The lowest BCUT2D eigenvalue weighted by Crippen LogP contribution is -2.60. The molecule has 15 heavy (non-hydrogen) atoms. The van der Waals surface area contributed by atoms with Gasteiger partial charge in [-0.15, -0.1) is 0 Å². The van der Waals surface area contributed by atoms with Crippen molar-refractivity contribution in [3.05, 3.63) is 0 Å². The van der Waals surface area contributed by atoms with E-state index in [1.165, 1.54) is 0 Å². The summed E-state index contributed by atoms with van der Waals surface area (Å²) in [5.74, 6) is 0. The predicted octanol–water partition coefficient (Wildman–Crippen LogP) is -0.244. The number of aliphatic hydroxyl groups excluding tert-OH is 2. The van der Waals surface area contributed by atoms with Gasteiger partial charge in [0.25, 0.3) is 0 Å². The highest BCUT2D eigenvalue weighted by molar-refractivity contribution is 4.90. The number of rotatable bonds is 4. The Balaban J connectivity index is 2.48. The van der Waals surface area contributed by atoms with Gasteiger partial charge in [0, 0.05) is 38.3 Å². The molecule has 0 radical (unpaired) electrons. The van der Waals surface area contributed by atoms with Gasteiger partial charge in [0.05, 0.1) is 12.7 Å². The third-order valence-corrected chi connectivity index (χ3v) is 3.05. The van der Waals surface area contributed by atoms with Gasteiger partial charge >= 0.3 is 0 Å². The van der Waals surface area contributed by atoms with Gasteiger partial charge in [-0.1, -0.05) is 0 Å². The van der Waals surface area contributed by atoms with E-state index in [0.717, 1.165) is 32.7 Å². The number of hydrogen-bond donors (Lipinski definition) is 2. The highest BCUT2D eigenvalue weighted by Crippen LogP contribution is 2.20. The van der Waals surface area contributed by atoms with Gasteiger partial charge < -0.3 is 10.2 Å². The zero-order valence-corrected chi connectivity index (χ0v) is 10.1. The minimum absolute atomic E-state index is 0.0931. The minimum atomic E-state index is -0.259. The fourth-order valence-corrected chi connectivity index (χ4v) is 2.36. The average molecular weight is 216 g/mol. The zero-order valence-electron chi connectivity index (χ0n) is 10.1. The molecule has 1 unspecified atom stereocenters. The first kappa shape index (κ1) is 12.9. The van der Waals surface area contributed by atoms with Gasteiger partial charge in [0.15, 0.2) is 0 Å². The van der Waals surface area contributed by atoms with E-state index in [9.17, 15) is 5.11 Å². The average Bonchev–Trinajstić information content (AvgIpc) is 2.08. The van der Waals surface area contributed by atoms with Gasteiger partial charge in [-0.3, -0.25) is 9.80 Å². The predicted molar refractivity (Wildman–Crippen MR) is 60.9 cm³/mol. The summed E-state index contributed by atoms with van der Waals surface area (Å²) in [4.78, 5) is 4.60. The molecule has 1 fully saturated rings. The van der Waals surface area contributed by atoms with E-state index in [1.807, 2.05) is 6.92 Å². The minimum Gasteiger partial charge on any atom is -0.395 e. The number of β-amino-alcohol motifs (C(OH)–C–C–N with tert-alkyl or cyclic N) is 2. The molecule has 1 rings (SSSR count). The third-order valence-electron chi connectivity index (χ3n) is 3.05. The smallest absolute Gasteiger partial charge is 0.0639 e. The number of piperazine rings is 1.